The normalized spacial score (nSPS) is 20.3. The lowest BCUT2D eigenvalue weighted by molar-refractivity contribution is -0.137. The highest BCUT2D eigenvalue weighted by atomic mass is 16.5. The molecule has 2 saturated heterocycles. The lowest BCUT2D eigenvalue weighted by Gasteiger charge is -2.40. The Kier molecular flexibility index (Phi) is 5.51. The summed E-state index contributed by atoms with van der Waals surface area (Å²) < 4.78 is 11.9. The van der Waals surface area contributed by atoms with Crippen molar-refractivity contribution in [1.29, 1.82) is 0 Å². The Bertz CT molecular complexity index is 1170. The van der Waals surface area contributed by atoms with Gasteiger partial charge in [0.1, 0.15) is 23.5 Å². The third kappa shape index (κ3) is 4.29. The zero-order valence-electron chi connectivity index (χ0n) is 18.3. The van der Waals surface area contributed by atoms with Gasteiger partial charge >= 0.3 is 0 Å². The second-order valence-corrected chi connectivity index (χ2v) is 8.36. The number of anilines is 1. The highest BCUT2D eigenvalue weighted by Crippen LogP contribution is 2.34. The van der Waals surface area contributed by atoms with Crippen LogP contribution in [-0.4, -0.2) is 58.5 Å². The van der Waals surface area contributed by atoms with Crippen molar-refractivity contribution in [2.75, 3.05) is 31.1 Å². The monoisotopic (exact) mass is 444 g/mol. The predicted molar refractivity (Wildman–Crippen MR) is 121 cm³/mol. The summed E-state index contributed by atoms with van der Waals surface area (Å²) in [7, 11) is 0. The SMILES string of the molecule is Cc1ccc(Oc2ncccc2C(=O)N2CC[C@]3(C2)CN(c2ccccc2)C(=O)CO3)cn1. The van der Waals surface area contributed by atoms with E-state index in [2.05, 4.69) is 9.97 Å². The number of benzene rings is 1. The number of aryl methyl sites for hydroxylation is 1. The quantitative estimate of drug-likeness (QED) is 0.614. The molecule has 168 valence electrons. The van der Waals surface area contributed by atoms with E-state index in [4.69, 9.17) is 9.47 Å². The molecule has 2 amide bonds. The molecule has 3 aromatic rings. The molecule has 8 nitrogen and oxygen atoms in total. The second kappa shape index (κ2) is 8.63. The van der Waals surface area contributed by atoms with Crippen molar-refractivity contribution in [3.05, 3.63) is 78.2 Å². The minimum atomic E-state index is -0.594. The highest BCUT2D eigenvalue weighted by molar-refractivity contribution is 5.97. The van der Waals surface area contributed by atoms with Gasteiger partial charge in [0.2, 0.25) is 5.88 Å². The van der Waals surface area contributed by atoms with E-state index in [1.165, 1.54) is 0 Å². The fraction of sp³-hybridized carbons (Fsp3) is 0.280. The predicted octanol–water partition coefficient (Wildman–Crippen LogP) is 3.23. The molecule has 1 atom stereocenters. The Morgan fingerprint density at radius 2 is 1.91 bits per heavy atom. The van der Waals surface area contributed by atoms with E-state index in [0.717, 1.165) is 11.4 Å². The van der Waals surface area contributed by atoms with Gasteiger partial charge in [0, 0.05) is 24.1 Å². The smallest absolute Gasteiger partial charge is 0.259 e. The summed E-state index contributed by atoms with van der Waals surface area (Å²) in [6.45, 7) is 3.21. The van der Waals surface area contributed by atoms with E-state index in [1.54, 1.807) is 40.4 Å². The minimum Gasteiger partial charge on any atom is -0.437 e. The van der Waals surface area contributed by atoms with E-state index in [-0.39, 0.29) is 24.3 Å². The van der Waals surface area contributed by atoms with Gasteiger partial charge in [-0.3, -0.25) is 14.6 Å². The van der Waals surface area contributed by atoms with E-state index in [1.807, 2.05) is 43.3 Å². The van der Waals surface area contributed by atoms with Gasteiger partial charge in [0.05, 0.1) is 19.3 Å². The van der Waals surface area contributed by atoms with E-state index < -0.39 is 5.60 Å². The first-order valence-corrected chi connectivity index (χ1v) is 10.9. The Morgan fingerprint density at radius 3 is 2.70 bits per heavy atom. The molecule has 4 heterocycles. The van der Waals surface area contributed by atoms with Crippen molar-refractivity contribution in [1.82, 2.24) is 14.9 Å². The fourth-order valence-electron chi connectivity index (χ4n) is 4.25. The van der Waals surface area contributed by atoms with Crippen LogP contribution in [0.25, 0.3) is 0 Å². The molecule has 1 spiro atoms. The number of carbonyl (C=O) groups excluding carboxylic acids is 2. The molecular formula is C25H24N4O4. The molecular weight excluding hydrogens is 420 g/mol. The number of hydrogen-bond donors (Lipinski definition) is 0. The molecule has 0 unspecified atom stereocenters. The summed E-state index contributed by atoms with van der Waals surface area (Å²) in [6, 6.07) is 16.6. The largest absolute Gasteiger partial charge is 0.437 e. The molecule has 8 heteroatoms. The van der Waals surface area contributed by atoms with Crippen LogP contribution >= 0.6 is 0 Å². The number of carbonyl (C=O) groups is 2. The van der Waals surface area contributed by atoms with Gasteiger partial charge in [-0.05, 0) is 49.7 Å². The van der Waals surface area contributed by atoms with Crippen LogP contribution in [0.15, 0.2) is 67.0 Å². The zero-order chi connectivity index (χ0) is 22.8. The van der Waals surface area contributed by atoms with Crippen molar-refractivity contribution >= 4 is 17.5 Å². The maximum absolute atomic E-state index is 13.4. The van der Waals surface area contributed by atoms with Crippen molar-refractivity contribution in [2.45, 2.75) is 18.9 Å². The van der Waals surface area contributed by atoms with Crippen LogP contribution in [0, 0.1) is 6.92 Å². The number of hydrogen-bond acceptors (Lipinski definition) is 6. The number of nitrogens with zero attached hydrogens (tertiary/aromatic N) is 4. The highest BCUT2D eigenvalue weighted by Gasteiger charge is 2.47. The third-order valence-corrected chi connectivity index (χ3v) is 6.02. The van der Waals surface area contributed by atoms with Gasteiger partial charge in [0.15, 0.2) is 0 Å². The average molecular weight is 444 g/mol. The van der Waals surface area contributed by atoms with Gasteiger partial charge in [-0.2, -0.15) is 0 Å². The molecule has 2 aliphatic rings. The van der Waals surface area contributed by atoms with Crippen LogP contribution < -0.4 is 9.64 Å². The zero-order valence-corrected chi connectivity index (χ0v) is 18.3. The number of amides is 2. The maximum atomic E-state index is 13.4. The molecule has 0 saturated carbocycles. The molecule has 5 rings (SSSR count). The van der Waals surface area contributed by atoms with Gasteiger partial charge in [-0.1, -0.05) is 18.2 Å². The first-order valence-electron chi connectivity index (χ1n) is 10.9. The third-order valence-electron chi connectivity index (χ3n) is 6.02. The molecule has 33 heavy (non-hydrogen) atoms. The van der Waals surface area contributed by atoms with E-state index in [9.17, 15) is 9.59 Å². The summed E-state index contributed by atoms with van der Waals surface area (Å²) in [5.41, 5.74) is 1.49. The molecule has 2 fully saturated rings. The van der Waals surface area contributed by atoms with Gasteiger partial charge in [-0.25, -0.2) is 4.98 Å². The molecule has 0 N–H and O–H groups in total. The summed E-state index contributed by atoms with van der Waals surface area (Å²) in [5.74, 6) is 0.492. The minimum absolute atomic E-state index is 0.00139. The summed E-state index contributed by atoms with van der Waals surface area (Å²) >= 11 is 0. The lowest BCUT2D eigenvalue weighted by Crippen LogP contribution is -2.56. The number of morpholine rings is 1. The lowest BCUT2D eigenvalue weighted by atomic mass is 10.00. The maximum Gasteiger partial charge on any atom is 0.259 e. The second-order valence-electron chi connectivity index (χ2n) is 8.36. The number of ether oxygens (including phenoxy) is 2. The number of pyridine rings is 2. The van der Waals surface area contributed by atoms with Crippen molar-refractivity contribution in [3.63, 3.8) is 0 Å². The Morgan fingerprint density at radius 1 is 1.06 bits per heavy atom. The first kappa shape index (κ1) is 21.1. The van der Waals surface area contributed by atoms with Crippen LogP contribution in [0.2, 0.25) is 0 Å². The molecule has 2 aromatic heterocycles. The van der Waals surface area contributed by atoms with Crippen LogP contribution in [0.3, 0.4) is 0 Å². The first-order chi connectivity index (χ1) is 16.0. The fourth-order valence-corrected chi connectivity index (χ4v) is 4.25. The van der Waals surface area contributed by atoms with Crippen molar-refractivity contribution in [2.24, 2.45) is 0 Å². The Hall–Kier alpha value is -3.78. The Balaban J connectivity index is 1.33. The molecule has 0 aliphatic carbocycles. The van der Waals surface area contributed by atoms with Crippen LogP contribution in [0.1, 0.15) is 22.5 Å². The Labute approximate surface area is 191 Å². The number of para-hydroxylation sites is 1. The summed E-state index contributed by atoms with van der Waals surface area (Å²) in [6.07, 6.45) is 3.84. The van der Waals surface area contributed by atoms with Gasteiger partial charge in [-0.15, -0.1) is 0 Å². The van der Waals surface area contributed by atoms with Gasteiger partial charge < -0.3 is 19.3 Å². The average Bonchev–Trinajstić information content (AvgIpc) is 3.26. The topological polar surface area (TPSA) is 84.9 Å². The number of likely N-dealkylation sites (tertiary alicyclic amines) is 1. The van der Waals surface area contributed by atoms with Crippen LogP contribution in [0.4, 0.5) is 5.69 Å². The van der Waals surface area contributed by atoms with E-state index in [0.29, 0.717) is 37.4 Å². The van der Waals surface area contributed by atoms with E-state index >= 15 is 0 Å². The standard InChI is InChI=1S/C25H24N4O4/c1-18-9-10-20(14-27-18)33-23-21(8-5-12-26-23)24(31)28-13-11-25(16-28)17-29(22(30)15-32-25)19-6-3-2-4-7-19/h2-10,12,14H,11,13,15-17H2,1H3/t25-/m0/s1. The van der Waals surface area contributed by atoms with Crippen molar-refractivity contribution in [3.8, 4) is 11.6 Å². The molecule has 2 aliphatic heterocycles. The van der Waals surface area contributed by atoms with Gasteiger partial charge in [0.25, 0.3) is 11.8 Å². The molecule has 1 aromatic carbocycles. The molecule has 0 radical (unpaired) electrons. The summed E-state index contributed by atoms with van der Waals surface area (Å²) in [5, 5.41) is 0. The van der Waals surface area contributed by atoms with Crippen molar-refractivity contribution < 1.29 is 19.1 Å². The van der Waals surface area contributed by atoms with Crippen LogP contribution in [-0.2, 0) is 9.53 Å². The number of rotatable bonds is 4. The summed E-state index contributed by atoms with van der Waals surface area (Å²) in [4.78, 5) is 37.9. The molecule has 0 bridgehead atoms. The number of aromatic nitrogens is 2. The van der Waals surface area contributed by atoms with Crippen LogP contribution in [0.5, 0.6) is 11.6 Å².